The van der Waals surface area contributed by atoms with Gasteiger partial charge in [-0.1, -0.05) is 0 Å². The normalized spacial score (nSPS) is 29.4. The fourth-order valence-electron chi connectivity index (χ4n) is 1.39. The van der Waals surface area contributed by atoms with E-state index in [1.54, 1.807) is 6.20 Å². The number of aliphatic hydroxyl groups is 1. The molecule has 0 aromatic carbocycles. The van der Waals surface area contributed by atoms with Gasteiger partial charge in [0.2, 0.25) is 0 Å². The molecule has 0 spiro atoms. The zero-order valence-electron chi connectivity index (χ0n) is 6.64. The second kappa shape index (κ2) is 3.51. The molecule has 1 aliphatic rings. The zero-order chi connectivity index (χ0) is 8.39. The zero-order valence-corrected chi connectivity index (χ0v) is 7.46. The van der Waals surface area contributed by atoms with Crippen LogP contribution in [-0.2, 0) is 11.2 Å². The van der Waals surface area contributed by atoms with Gasteiger partial charge in [0.1, 0.15) is 0 Å². The number of hydrogen-bond donors (Lipinski definition) is 1. The fraction of sp³-hybridized carbons (Fsp3) is 0.625. The molecule has 0 aliphatic carbocycles. The summed E-state index contributed by atoms with van der Waals surface area (Å²) >= 11 is 1.50. The first-order chi connectivity index (χ1) is 5.86. The summed E-state index contributed by atoms with van der Waals surface area (Å²) in [7, 11) is 0. The molecule has 2 heterocycles. The van der Waals surface area contributed by atoms with Gasteiger partial charge in [-0.3, -0.25) is 0 Å². The van der Waals surface area contributed by atoms with Gasteiger partial charge in [-0.15, -0.1) is 0 Å². The predicted octanol–water partition coefficient (Wildman–Crippen LogP) is 0.693. The molecular weight excluding hydrogens is 174 g/mol. The Morgan fingerprint density at radius 2 is 2.58 bits per heavy atom. The molecule has 1 fully saturated rings. The SMILES string of the molecule is OC1COCC1Cc1ccns1. The summed E-state index contributed by atoms with van der Waals surface area (Å²) in [6, 6.07) is 2.00. The number of ether oxygens (including phenoxy) is 1. The van der Waals surface area contributed by atoms with Gasteiger partial charge in [0.05, 0.1) is 19.3 Å². The molecule has 2 atom stereocenters. The number of hydrogen-bond acceptors (Lipinski definition) is 4. The first-order valence-electron chi connectivity index (χ1n) is 4.01. The highest BCUT2D eigenvalue weighted by molar-refractivity contribution is 7.05. The van der Waals surface area contributed by atoms with E-state index in [4.69, 9.17) is 4.74 Å². The predicted molar refractivity (Wildman–Crippen MR) is 46.1 cm³/mol. The van der Waals surface area contributed by atoms with E-state index < -0.39 is 0 Å². The highest BCUT2D eigenvalue weighted by atomic mass is 32.1. The number of rotatable bonds is 2. The lowest BCUT2D eigenvalue weighted by Crippen LogP contribution is -2.19. The highest BCUT2D eigenvalue weighted by Crippen LogP contribution is 2.20. The molecule has 1 aliphatic heterocycles. The van der Waals surface area contributed by atoms with Crippen molar-refractivity contribution in [2.75, 3.05) is 13.2 Å². The van der Waals surface area contributed by atoms with Gasteiger partial charge in [-0.2, -0.15) is 0 Å². The molecule has 3 nitrogen and oxygen atoms in total. The van der Waals surface area contributed by atoms with Crippen molar-refractivity contribution in [3.05, 3.63) is 17.1 Å². The van der Waals surface area contributed by atoms with Crippen LogP contribution in [0.15, 0.2) is 12.3 Å². The van der Waals surface area contributed by atoms with Crippen LogP contribution in [0.5, 0.6) is 0 Å². The van der Waals surface area contributed by atoms with Crippen molar-refractivity contribution in [1.82, 2.24) is 4.37 Å². The summed E-state index contributed by atoms with van der Waals surface area (Å²) in [5, 5.41) is 9.45. The number of aliphatic hydroxyl groups excluding tert-OH is 1. The third kappa shape index (κ3) is 1.65. The topological polar surface area (TPSA) is 42.4 Å². The summed E-state index contributed by atoms with van der Waals surface area (Å²) in [6.45, 7) is 1.17. The second-order valence-corrected chi connectivity index (χ2v) is 3.97. The first-order valence-corrected chi connectivity index (χ1v) is 4.79. The minimum atomic E-state index is -0.285. The van der Waals surface area contributed by atoms with Crippen LogP contribution in [0.4, 0.5) is 0 Å². The molecular formula is C8H11NO2S. The Balaban J connectivity index is 1.95. The van der Waals surface area contributed by atoms with Gasteiger partial charge >= 0.3 is 0 Å². The lowest BCUT2D eigenvalue weighted by molar-refractivity contribution is 0.118. The van der Waals surface area contributed by atoms with Crippen LogP contribution in [0.1, 0.15) is 4.88 Å². The average molecular weight is 185 g/mol. The molecule has 1 aromatic rings. The molecule has 4 heteroatoms. The van der Waals surface area contributed by atoms with E-state index in [0.29, 0.717) is 13.2 Å². The highest BCUT2D eigenvalue weighted by Gasteiger charge is 2.26. The largest absolute Gasteiger partial charge is 0.390 e. The molecule has 12 heavy (non-hydrogen) atoms. The maximum atomic E-state index is 9.45. The summed E-state index contributed by atoms with van der Waals surface area (Å²) in [4.78, 5) is 1.23. The molecule has 2 rings (SSSR count). The van der Waals surface area contributed by atoms with Crippen molar-refractivity contribution in [2.45, 2.75) is 12.5 Å². The van der Waals surface area contributed by atoms with Crippen molar-refractivity contribution in [3.63, 3.8) is 0 Å². The monoisotopic (exact) mass is 185 g/mol. The lowest BCUT2D eigenvalue weighted by atomic mass is 10.0. The third-order valence-electron chi connectivity index (χ3n) is 2.12. The van der Waals surface area contributed by atoms with E-state index in [-0.39, 0.29) is 12.0 Å². The molecule has 0 saturated carbocycles. The van der Waals surface area contributed by atoms with Gasteiger partial charge in [-0.25, -0.2) is 4.37 Å². The number of aromatic nitrogens is 1. The molecule has 1 saturated heterocycles. The van der Waals surface area contributed by atoms with Crippen LogP contribution in [0, 0.1) is 5.92 Å². The van der Waals surface area contributed by atoms with Crippen molar-refractivity contribution in [3.8, 4) is 0 Å². The maximum absolute atomic E-state index is 9.45. The smallest absolute Gasteiger partial charge is 0.0827 e. The van der Waals surface area contributed by atoms with Gasteiger partial charge < -0.3 is 9.84 Å². The first kappa shape index (κ1) is 8.16. The maximum Gasteiger partial charge on any atom is 0.0827 e. The van der Waals surface area contributed by atoms with Gasteiger partial charge in [0, 0.05) is 17.0 Å². The second-order valence-electron chi connectivity index (χ2n) is 3.05. The molecule has 0 amide bonds. The minimum Gasteiger partial charge on any atom is -0.390 e. The Kier molecular flexibility index (Phi) is 2.39. The standard InChI is InChI=1S/C8H11NO2S/c10-8-5-11-4-6(8)3-7-1-2-9-12-7/h1-2,6,8,10H,3-5H2. The van der Waals surface area contributed by atoms with Crippen LogP contribution in [0.3, 0.4) is 0 Å². The van der Waals surface area contributed by atoms with E-state index >= 15 is 0 Å². The van der Waals surface area contributed by atoms with Crippen molar-refractivity contribution in [1.29, 1.82) is 0 Å². The third-order valence-corrected chi connectivity index (χ3v) is 2.88. The van der Waals surface area contributed by atoms with E-state index in [2.05, 4.69) is 4.37 Å². The Morgan fingerprint density at radius 3 is 3.17 bits per heavy atom. The van der Waals surface area contributed by atoms with E-state index in [1.165, 1.54) is 16.4 Å². The van der Waals surface area contributed by atoms with Gasteiger partial charge in [0.25, 0.3) is 0 Å². The summed E-state index contributed by atoms with van der Waals surface area (Å²) < 4.78 is 9.16. The molecule has 0 bridgehead atoms. The molecule has 66 valence electrons. The van der Waals surface area contributed by atoms with Crippen molar-refractivity contribution >= 4 is 11.5 Å². The van der Waals surface area contributed by atoms with E-state index in [9.17, 15) is 5.11 Å². The molecule has 0 radical (unpaired) electrons. The Labute approximate surface area is 75.2 Å². The summed E-state index contributed by atoms with van der Waals surface area (Å²) in [5.41, 5.74) is 0. The summed E-state index contributed by atoms with van der Waals surface area (Å²) in [6.07, 6.45) is 2.40. The van der Waals surface area contributed by atoms with Crippen LogP contribution in [0.2, 0.25) is 0 Å². The van der Waals surface area contributed by atoms with Gasteiger partial charge in [-0.05, 0) is 24.0 Å². The Morgan fingerprint density at radius 1 is 1.67 bits per heavy atom. The van der Waals surface area contributed by atoms with Crippen LogP contribution < -0.4 is 0 Å². The van der Waals surface area contributed by atoms with Gasteiger partial charge in [0.15, 0.2) is 0 Å². The number of nitrogens with zero attached hydrogens (tertiary/aromatic N) is 1. The van der Waals surface area contributed by atoms with Crippen LogP contribution in [0.25, 0.3) is 0 Å². The fourth-order valence-corrected chi connectivity index (χ4v) is 2.06. The van der Waals surface area contributed by atoms with E-state index in [1.807, 2.05) is 6.07 Å². The molecule has 2 unspecified atom stereocenters. The van der Waals surface area contributed by atoms with E-state index in [0.717, 1.165) is 6.42 Å². The van der Waals surface area contributed by atoms with Crippen molar-refractivity contribution in [2.24, 2.45) is 5.92 Å². The average Bonchev–Trinajstić information content (AvgIpc) is 2.65. The van der Waals surface area contributed by atoms with Crippen molar-refractivity contribution < 1.29 is 9.84 Å². The Hall–Kier alpha value is -0.450. The molecule has 1 N–H and O–H groups in total. The summed E-state index contributed by atoms with van der Waals surface area (Å²) in [5.74, 6) is 0.269. The van der Waals surface area contributed by atoms with Crippen LogP contribution in [-0.4, -0.2) is 28.8 Å². The Bertz CT molecular complexity index is 237. The van der Waals surface area contributed by atoms with Crippen LogP contribution >= 0.6 is 11.5 Å². The minimum absolute atomic E-state index is 0.269. The lowest BCUT2D eigenvalue weighted by Gasteiger charge is -2.09. The quantitative estimate of drug-likeness (QED) is 0.737. The molecule has 1 aromatic heterocycles.